The normalized spacial score (nSPS) is 11.0. The van der Waals surface area contributed by atoms with Crippen LogP contribution in [0.25, 0.3) is 10.9 Å². The molecule has 0 saturated carbocycles. The van der Waals surface area contributed by atoms with Gasteiger partial charge in [0.1, 0.15) is 0 Å². The summed E-state index contributed by atoms with van der Waals surface area (Å²) in [6.45, 7) is 6.11. The Morgan fingerprint density at radius 1 is 0.833 bits per heavy atom. The lowest BCUT2D eigenvalue weighted by atomic mass is 10.1. The van der Waals surface area contributed by atoms with E-state index in [4.69, 9.17) is 0 Å². The molecule has 36 heavy (non-hydrogen) atoms. The Bertz CT molecular complexity index is 1100. The number of amides is 2. The average molecular weight is 491 g/mol. The van der Waals surface area contributed by atoms with E-state index in [2.05, 4.69) is 60.1 Å². The van der Waals surface area contributed by atoms with Crippen LogP contribution in [-0.2, 0) is 22.6 Å². The fraction of sp³-hybridized carbons (Fsp3) is 0.467. The number of H-pyrrole nitrogens is 1. The minimum Gasteiger partial charge on any atom is -0.378 e. The standard InChI is InChI=1S/C30H42N4O2/c1-5-7-13-29(35)33(19-8-6-2)23-30(36)34(22-24-14-16-26(17-15-24)32(3)4)20-18-25-21-31-28-12-10-9-11-27(25)28/h9-12,14-17,21,31H,5-8,13,18-20,22-23H2,1-4H3. The Labute approximate surface area is 216 Å². The van der Waals surface area contributed by atoms with Crippen molar-refractivity contribution < 1.29 is 9.59 Å². The van der Waals surface area contributed by atoms with Gasteiger partial charge in [-0.3, -0.25) is 9.59 Å². The summed E-state index contributed by atoms with van der Waals surface area (Å²) in [6.07, 6.45) is 7.04. The van der Waals surface area contributed by atoms with Crippen LogP contribution in [0.3, 0.4) is 0 Å². The first kappa shape index (κ1) is 27.3. The molecule has 0 radical (unpaired) electrons. The van der Waals surface area contributed by atoms with Gasteiger partial charge in [-0.1, -0.05) is 57.0 Å². The van der Waals surface area contributed by atoms with Crippen LogP contribution in [0.4, 0.5) is 5.69 Å². The van der Waals surface area contributed by atoms with E-state index in [-0.39, 0.29) is 18.4 Å². The van der Waals surface area contributed by atoms with Crippen LogP contribution in [0.5, 0.6) is 0 Å². The fourth-order valence-corrected chi connectivity index (χ4v) is 4.40. The van der Waals surface area contributed by atoms with E-state index in [1.807, 2.05) is 37.3 Å². The van der Waals surface area contributed by atoms with E-state index in [0.29, 0.717) is 26.1 Å². The van der Waals surface area contributed by atoms with Crippen molar-refractivity contribution in [3.8, 4) is 0 Å². The highest BCUT2D eigenvalue weighted by Crippen LogP contribution is 2.20. The molecule has 0 aliphatic carbocycles. The van der Waals surface area contributed by atoms with Crippen LogP contribution in [-0.4, -0.2) is 60.3 Å². The molecule has 1 N–H and O–H groups in total. The summed E-state index contributed by atoms with van der Waals surface area (Å²) in [7, 11) is 4.04. The minimum absolute atomic E-state index is 0.00692. The highest BCUT2D eigenvalue weighted by Gasteiger charge is 2.21. The number of anilines is 1. The van der Waals surface area contributed by atoms with Gasteiger partial charge in [0.05, 0.1) is 6.54 Å². The Morgan fingerprint density at radius 2 is 1.56 bits per heavy atom. The molecule has 0 aliphatic heterocycles. The molecule has 1 aromatic heterocycles. The Kier molecular flexibility index (Phi) is 10.4. The Morgan fingerprint density at radius 3 is 2.25 bits per heavy atom. The molecule has 6 heteroatoms. The molecule has 0 bridgehead atoms. The number of rotatable bonds is 14. The van der Waals surface area contributed by atoms with E-state index in [0.717, 1.165) is 48.9 Å². The first-order valence-corrected chi connectivity index (χ1v) is 13.3. The lowest BCUT2D eigenvalue weighted by Crippen LogP contribution is -2.43. The molecule has 2 amide bonds. The maximum absolute atomic E-state index is 13.6. The zero-order chi connectivity index (χ0) is 25.9. The number of fused-ring (bicyclic) bond motifs is 1. The van der Waals surface area contributed by atoms with Crippen molar-refractivity contribution in [1.82, 2.24) is 14.8 Å². The van der Waals surface area contributed by atoms with Gasteiger partial charge in [-0.2, -0.15) is 0 Å². The van der Waals surface area contributed by atoms with Gasteiger partial charge in [-0.25, -0.2) is 0 Å². The molecule has 194 valence electrons. The van der Waals surface area contributed by atoms with E-state index in [1.54, 1.807) is 4.90 Å². The number of para-hydroxylation sites is 1. The number of nitrogens with one attached hydrogen (secondary N) is 1. The number of aromatic amines is 1. The predicted molar refractivity (Wildman–Crippen MR) is 149 cm³/mol. The molecule has 1 heterocycles. The minimum atomic E-state index is 0.00692. The molecular formula is C30H42N4O2. The molecule has 3 aromatic rings. The van der Waals surface area contributed by atoms with Gasteiger partial charge >= 0.3 is 0 Å². The van der Waals surface area contributed by atoms with Gasteiger partial charge in [0.2, 0.25) is 11.8 Å². The highest BCUT2D eigenvalue weighted by atomic mass is 16.2. The predicted octanol–water partition coefficient (Wildman–Crippen LogP) is 5.62. The van der Waals surface area contributed by atoms with Gasteiger partial charge < -0.3 is 19.7 Å². The zero-order valence-electron chi connectivity index (χ0n) is 22.4. The largest absolute Gasteiger partial charge is 0.378 e. The molecule has 0 saturated heterocycles. The van der Waals surface area contributed by atoms with Gasteiger partial charge in [0.15, 0.2) is 0 Å². The fourth-order valence-electron chi connectivity index (χ4n) is 4.40. The Hall–Kier alpha value is -3.28. The van der Waals surface area contributed by atoms with Crippen molar-refractivity contribution in [2.24, 2.45) is 0 Å². The van der Waals surface area contributed by atoms with E-state index >= 15 is 0 Å². The van der Waals surface area contributed by atoms with Crippen LogP contribution in [0.1, 0.15) is 57.1 Å². The van der Waals surface area contributed by atoms with Crippen molar-refractivity contribution in [3.63, 3.8) is 0 Å². The molecule has 6 nitrogen and oxygen atoms in total. The second kappa shape index (κ2) is 13.7. The van der Waals surface area contributed by atoms with E-state index in [9.17, 15) is 9.59 Å². The summed E-state index contributed by atoms with van der Waals surface area (Å²) in [6, 6.07) is 16.6. The summed E-state index contributed by atoms with van der Waals surface area (Å²) in [4.78, 5) is 35.6. The quantitative estimate of drug-likeness (QED) is 0.319. The number of unbranched alkanes of at least 4 members (excludes halogenated alkanes) is 2. The van der Waals surface area contributed by atoms with Crippen molar-refractivity contribution in [3.05, 3.63) is 65.9 Å². The van der Waals surface area contributed by atoms with Gasteiger partial charge in [-0.05, 0) is 48.6 Å². The van der Waals surface area contributed by atoms with Crippen LogP contribution >= 0.6 is 0 Å². The zero-order valence-corrected chi connectivity index (χ0v) is 22.4. The van der Waals surface area contributed by atoms with Crippen LogP contribution in [0, 0.1) is 0 Å². The van der Waals surface area contributed by atoms with Gasteiger partial charge in [0, 0.05) is 62.9 Å². The molecule has 0 spiro atoms. The molecule has 0 atom stereocenters. The van der Waals surface area contributed by atoms with Crippen molar-refractivity contribution in [2.75, 3.05) is 38.6 Å². The number of benzene rings is 2. The molecule has 0 unspecified atom stereocenters. The summed E-state index contributed by atoms with van der Waals surface area (Å²) in [5.41, 5.74) is 4.53. The molecule has 3 rings (SSSR count). The monoisotopic (exact) mass is 490 g/mol. The third-order valence-electron chi connectivity index (χ3n) is 6.71. The Balaban J connectivity index is 1.77. The number of nitrogens with zero attached hydrogens (tertiary/aromatic N) is 3. The van der Waals surface area contributed by atoms with E-state index in [1.165, 1.54) is 10.9 Å². The number of aromatic nitrogens is 1. The second-order valence-corrected chi connectivity index (χ2v) is 9.76. The first-order valence-electron chi connectivity index (χ1n) is 13.3. The highest BCUT2D eigenvalue weighted by molar-refractivity contribution is 5.85. The maximum Gasteiger partial charge on any atom is 0.242 e. The third kappa shape index (κ3) is 7.61. The third-order valence-corrected chi connectivity index (χ3v) is 6.71. The summed E-state index contributed by atoms with van der Waals surface area (Å²) >= 11 is 0. The summed E-state index contributed by atoms with van der Waals surface area (Å²) in [5, 5.41) is 1.19. The number of hydrogen-bond donors (Lipinski definition) is 1. The van der Waals surface area contributed by atoms with Gasteiger partial charge in [-0.15, -0.1) is 0 Å². The molecule has 2 aromatic carbocycles. The summed E-state index contributed by atoms with van der Waals surface area (Å²) < 4.78 is 0. The molecule has 0 aliphatic rings. The van der Waals surface area contributed by atoms with Crippen molar-refractivity contribution >= 4 is 28.4 Å². The average Bonchev–Trinajstić information content (AvgIpc) is 3.30. The maximum atomic E-state index is 13.6. The topological polar surface area (TPSA) is 59.7 Å². The lowest BCUT2D eigenvalue weighted by Gasteiger charge is -2.28. The van der Waals surface area contributed by atoms with Crippen LogP contribution < -0.4 is 4.90 Å². The SMILES string of the molecule is CCCCC(=O)N(CCCC)CC(=O)N(CCc1c[nH]c2ccccc12)Cc1ccc(N(C)C)cc1. The number of hydrogen-bond acceptors (Lipinski definition) is 3. The van der Waals surface area contributed by atoms with Crippen molar-refractivity contribution in [2.45, 2.75) is 58.9 Å². The second-order valence-electron chi connectivity index (χ2n) is 9.76. The number of carbonyl (C=O) groups excluding carboxylic acids is 2. The van der Waals surface area contributed by atoms with Gasteiger partial charge in [0.25, 0.3) is 0 Å². The van der Waals surface area contributed by atoms with E-state index < -0.39 is 0 Å². The smallest absolute Gasteiger partial charge is 0.242 e. The van der Waals surface area contributed by atoms with Crippen LogP contribution in [0.2, 0.25) is 0 Å². The lowest BCUT2D eigenvalue weighted by molar-refractivity contribution is -0.141. The molecule has 0 fully saturated rings. The van der Waals surface area contributed by atoms with Crippen molar-refractivity contribution in [1.29, 1.82) is 0 Å². The molecular weight excluding hydrogens is 448 g/mol. The summed E-state index contributed by atoms with van der Waals surface area (Å²) in [5.74, 6) is 0.0954. The van der Waals surface area contributed by atoms with Crippen LogP contribution in [0.15, 0.2) is 54.7 Å². The number of carbonyl (C=O) groups is 2. The first-order chi connectivity index (χ1) is 17.4.